The van der Waals surface area contributed by atoms with Gasteiger partial charge in [0.2, 0.25) is 0 Å². The van der Waals surface area contributed by atoms with Crippen molar-refractivity contribution in [3.05, 3.63) is 0 Å². The zero-order valence-electron chi connectivity index (χ0n) is 15.3. The largest absolute Gasteiger partial charge is 1.00 e. The van der Waals surface area contributed by atoms with Crippen LogP contribution in [0.4, 0.5) is 4.70 Å². The molecule has 0 rings (SSSR count). The molecule has 2 heteroatoms. The first-order valence-electron chi connectivity index (χ1n) is 8.09. The average molecular weight is 264 g/mol. The van der Waals surface area contributed by atoms with Gasteiger partial charge in [0.25, 0.3) is 0 Å². The molecule has 0 saturated carbocycles. The molecule has 0 heterocycles. The van der Waals surface area contributed by atoms with E-state index >= 15 is 0 Å². The molecular formula is C16H39FN+3. The lowest BCUT2D eigenvalue weighted by molar-refractivity contribution is -0.929. The van der Waals surface area contributed by atoms with E-state index in [-0.39, 0.29) is 7.56 Å². The number of unbranched alkanes of at least 4 members (excludes halogenated alkanes) is 4. The average Bonchev–Trinajstić information content (AvgIpc) is 2.37. The number of nitrogens with zero attached hydrogens (tertiary/aromatic N) is 1. The molecule has 0 fully saturated rings. The summed E-state index contributed by atoms with van der Waals surface area (Å²) in [7, 11) is 0. The fourth-order valence-electron chi connectivity index (χ4n) is 2.64. The standard InChI is InChI=1S/C16H36N.FH/c1-5-9-13-17(14-10-6-2,15-11-7-3)16-12-8-4;/h5-16H2,1-4H3;1H/q+1;/p+2. The molecule has 0 aromatic heterocycles. The minimum absolute atomic E-state index is 0. The minimum Gasteiger partial charge on any atom is -0.324 e. The first-order valence-corrected chi connectivity index (χ1v) is 8.09. The number of hydrogen-bond donors (Lipinski definition) is 0. The van der Waals surface area contributed by atoms with Gasteiger partial charge in [0.05, 0.1) is 26.2 Å². The molecule has 0 radical (unpaired) electrons. The lowest BCUT2D eigenvalue weighted by Crippen LogP contribution is -2.50. The van der Waals surface area contributed by atoms with Crippen LogP contribution in [0.2, 0.25) is 0 Å². The molecule has 0 spiro atoms. The Bertz CT molecular complexity index is 131. The summed E-state index contributed by atoms with van der Waals surface area (Å²) in [6.45, 7) is 15.0. The Labute approximate surface area is 118 Å². The quantitative estimate of drug-likeness (QED) is 0.415. The zero-order chi connectivity index (χ0) is 13.0. The molecule has 18 heavy (non-hydrogen) atoms. The van der Waals surface area contributed by atoms with Crippen LogP contribution in [-0.2, 0) is 0 Å². The second kappa shape index (κ2) is 13.3. The van der Waals surface area contributed by atoms with Crippen LogP contribution in [0, 0.1) is 0 Å². The van der Waals surface area contributed by atoms with Gasteiger partial charge in [-0.2, -0.15) is 0 Å². The van der Waals surface area contributed by atoms with Crippen molar-refractivity contribution in [1.29, 1.82) is 0 Å². The number of hydrogen-bond acceptors (Lipinski definition) is 0. The summed E-state index contributed by atoms with van der Waals surface area (Å²) in [5.41, 5.74) is 0. The summed E-state index contributed by atoms with van der Waals surface area (Å²) < 4.78 is 1.42. The summed E-state index contributed by atoms with van der Waals surface area (Å²) in [6.07, 6.45) is 11.1. The molecule has 0 N–H and O–H groups in total. The predicted octanol–water partition coefficient (Wildman–Crippen LogP) is 5.38. The smallest absolute Gasteiger partial charge is 0.324 e. The molecule has 0 saturated heterocycles. The van der Waals surface area contributed by atoms with Crippen LogP contribution in [-0.4, -0.2) is 30.7 Å². The summed E-state index contributed by atoms with van der Waals surface area (Å²) in [4.78, 5) is 0. The molecule has 0 aliphatic heterocycles. The minimum atomic E-state index is 0. The van der Waals surface area contributed by atoms with Crippen molar-refractivity contribution < 1.29 is 12.0 Å². The van der Waals surface area contributed by atoms with E-state index < -0.39 is 0 Å². The Morgan fingerprint density at radius 2 is 0.778 bits per heavy atom. The molecular weight excluding hydrogens is 225 g/mol. The van der Waals surface area contributed by atoms with Crippen LogP contribution in [0.15, 0.2) is 0 Å². The van der Waals surface area contributed by atoms with E-state index in [0.29, 0.717) is 0 Å². The number of rotatable bonds is 12. The van der Waals surface area contributed by atoms with Crippen molar-refractivity contribution in [3.63, 3.8) is 0 Å². The maximum Gasteiger partial charge on any atom is 1.00 e. The van der Waals surface area contributed by atoms with Gasteiger partial charge in [-0.25, -0.2) is 0 Å². The van der Waals surface area contributed by atoms with E-state index in [0.717, 1.165) is 0 Å². The molecule has 0 unspecified atom stereocenters. The molecule has 0 aliphatic rings. The number of halogens is 1. The van der Waals surface area contributed by atoms with Gasteiger partial charge >= 0.3 is 2.85 Å². The summed E-state index contributed by atoms with van der Waals surface area (Å²) in [5, 5.41) is 0. The summed E-state index contributed by atoms with van der Waals surface area (Å²) in [5.74, 6) is 0. The predicted molar refractivity (Wildman–Crippen MR) is 84.1 cm³/mol. The molecule has 0 aliphatic carbocycles. The van der Waals surface area contributed by atoms with E-state index in [4.69, 9.17) is 0 Å². The Hall–Kier alpha value is -0.110. The van der Waals surface area contributed by atoms with Crippen LogP contribution in [0.25, 0.3) is 0 Å². The van der Waals surface area contributed by atoms with Gasteiger partial charge in [-0.3, -0.25) is 4.70 Å². The van der Waals surface area contributed by atoms with Crippen molar-refractivity contribution in [2.75, 3.05) is 26.2 Å². The second-order valence-corrected chi connectivity index (χ2v) is 5.65. The van der Waals surface area contributed by atoms with Crippen LogP contribution in [0.3, 0.4) is 0 Å². The fourth-order valence-corrected chi connectivity index (χ4v) is 2.64. The van der Waals surface area contributed by atoms with Gasteiger partial charge in [-0.05, 0) is 25.7 Å². The van der Waals surface area contributed by atoms with Gasteiger partial charge in [-0.1, -0.05) is 53.4 Å². The lowest BCUT2D eigenvalue weighted by atomic mass is 10.1. The van der Waals surface area contributed by atoms with Gasteiger partial charge in [0.1, 0.15) is 0 Å². The second-order valence-electron chi connectivity index (χ2n) is 5.65. The summed E-state index contributed by atoms with van der Waals surface area (Å²) in [6, 6.07) is 0. The molecule has 0 bridgehead atoms. The van der Waals surface area contributed by atoms with Gasteiger partial charge in [0, 0.05) is 0 Å². The molecule has 1 nitrogen and oxygen atoms in total. The van der Waals surface area contributed by atoms with Crippen molar-refractivity contribution in [2.45, 2.75) is 79.1 Å². The van der Waals surface area contributed by atoms with Crippen LogP contribution in [0.5, 0.6) is 0 Å². The lowest BCUT2D eigenvalue weighted by Gasteiger charge is -2.39. The molecule has 0 aromatic rings. The molecule has 112 valence electrons. The number of quaternary nitrogens is 1. The third kappa shape index (κ3) is 8.91. The SMILES string of the molecule is CCCC[N+](CCCC)(CCCC)CCCC.F.[H+].[H+]. The topological polar surface area (TPSA) is 0 Å². The Morgan fingerprint density at radius 3 is 0.944 bits per heavy atom. The molecule has 0 aromatic carbocycles. The van der Waals surface area contributed by atoms with Crippen molar-refractivity contribution in [1.82, 2.24) is 0 Å². The van der Waals surface area contributed by atoms with Crippen LogP contribution in [0.1, 0.15) is 81.9 Å². The van der Waals surface area contributed by atoms with Crippen molar-refractivity contribution >= 4 is 0 Å². The van der Waals surface area contributed by atoms with E-state index in [1.54, 1.807) is 0 Å². The monoisotopic (exact) mass is 264 g/mol. The molecule has 0 atom stereocenters. The highest BCUT2D eigenvalue weighted by Gasteiger charge is 2.24. The third-order valence-electron chi connectivity index (χ3n) is 3.94. The van der Waals surface area contributed by atoms with E-state index in [2.05, 4.69) is 27.7 Å². The van der Waals surface area contributed by atoms with Gasteiger partial charge in [0.15, 0.2) is 0 Å². The van der Waals surface area contributed by atoms with Crippen LogP contribution < -0.4 is 0 Å². The van der Waals surface area contributed by atoms with E-state index in [1.807, 2.05) is 0 Å². The normalized spacial score (nSPS) is 11.3. The fraction of sp³-hybridized carbons (Fsp3) is 1.00. The maximum atomic E-state index is 2.33. The van der Waals surface area contributed by atoms with E-state index in [1.165, 1.54) is 82.0 Å². The first kappa shape index (κ1) is 20.2. The first-order chi connectivity index (χ1) is 8.24. The zero-order valence-corrected chi connectivity index (χ0v) is 13.3. The highest BCUT2D eigenvalue weighted by atomic mass is 19.0. The maximum absolute atomic E-state index is 2.33. The highest BCUT2D eigenvalue weighted by molar-refractivity contribution is 4.49. The molecule has 0 amide bonds. The van der Waals surface area contributed by atoms with Crippen LogP contribution >= 0.6 is 0 Å². The Balaban J connectivity index is -0.000000427. The van der Waals surface area contributed by atoms with Crippen molar-refractivity contribution in [2.24, 2.45) is 0 Å². The van der Waals surface area contributed by atoms with Gasteiger partial charge in [-0.15, -0.1) is 0 Å². The Kier molecular flexibility index (Phi) is 15.0. The van der Waals surface area contributed by atoms with Crippen molar-refractivity contribution in [3.8, 4) is 0 Å². The van der Waals surface area contributed by atoms with E-state index in [9.17, 15) is 0 Å². The Morgan fingerprint density at radius 1 is 0.556 bits per heavy atom. The highest BCUT2D eigenvalue weighted by Crippen LogP contribution is 2.16. The van der Waals surface area contributed by atoms with Gasteiger partial charge < -0.3 is 4.48 Å². The summed E-state index contributed by atoms with van der Waals surface area (Å²) >= 11 is 0. The third-order valence-corrected chi connectivity index (χ3v) is 3.94.